The molecule has 2 aromatic rings. The van der Waals surface area contributed by atoms with E-state index in [2.05, 4.69) is 32.0 Å². The Balaban J connectivity index is 1.79. The van der Waals surface area contributed by atoms with Crippen LogP contribution >= 0.6 is 11.5 Å². The Hall–Kier alpha value is -1.34. The molecule has 0 aliphatic heterocycles. The fourth-order valence-corrected chi connectivity index (χ4v) is 1.81. The molecule has 0 saturated heterocycles. The van der Waals surface area contributed by atoms with Gasteiger partial charge in [-0.15, -0.1) is 15.3 Å². The van der Waals surface area contributed by atoms with Gasteiger partial charge in [-0.05, 0) is 37.5 Å². The Labute approximate surface area is 104 Å². The topological polar surface area (TPSA) is 76.7 Å². The third-order valence-electron chi connectivity index (χ3n) is 2.22. The van der Waals surface area contributed by atoms with Gasteiger partial charge >= 0.3 is 0 Å². The minimum absolute atomic E-state index is 0.454. The number of aromatic nitrogens is 4. The summed E-state index contributed by atoms with van der Waals surface area (Å²) in [6.07, 6.45) is 2.94. The molecule has 0 saturated carbocycles. The predicted molar refractivity (Wildman–Crippen MR) is 64.7 cm³/mol. The molecule has 1 N–H and O–H groups in total. The number of nitrogens with zero attached hydrogens (tertiary/aromatic N) is 4. The summed E-state index contributed by atoms with van der Waals surface area (Å²) in [4.78, 5) is 0. The second-order valence-electron chi connectivity index (χ2n) is 3.64. The molecule has 0 aliphatic carbocycles. The summed E-state index contributed by atoms with van der Waals surface area (Å²) in [5, 5.41) is 16.9. The minimum Gasteiger partial charge on any atom is -0.419 e. The van der Waals surface area contributed by atoms with Crippen molar-refractivity contribution in [3.63, 3.8) is 0 Å². The van der Waals surface area contributed by atoms with Crippen molar-refractivity contribution in [1.82, 2.24) is 25.1 Å². The Bertz CT molecular complexity index is 428. The van der Waals surface area contributed by atoms with Crippen LogP contribution in [0, 0.1) is 0 Å². The Morgan fingerprint density at radius 2 is 2.24 bits per heavy atom. The van der Waals surface area contributed by atoms with Crippen molar-refractivity contribution in [2.45, 2.75) is 26.2 Å². The van der Waals surface area contributed by atoms with Crippen LogP contribution in [-0.4, -0.2) is 32.9 Å². The predicted octanol–water partition coefficient (Wildman–Crippen LogP) is 1.52. The van der Waals surface area contributed by atoms with Crippen LogP contribution in [0.25, 0.3) is 11.6 Å². The molecule has 0 amide bonds. The van der Waals surface area contributed by atoms with Crippen LogP contribution in [0.15, 0.2) is 9.80 Å². The summed E-state index contributed by atoms with van der Waals surface area (Å²) in [5.74, 6) is 1.11. The highest BCUT2D eigenvalue weighted by Crippen LogP contribution is 2.16. The number of nitrogens with one attached hydrogen (secondary N) is 1. The fourth-order valence-electron chi connectivity index (χ4n) is 1.38. The van der Waals surface area contributed by atoms with Crippen LogP contribution in [0.2, 0.25) is 0 Å². The molecular weight excluding hydrogens is 238 g/mol. The molecule has 0 aliphatic rings. The third kappa shape index (κ3) is 3.57. The van der Waals surface area contributed by atoms with Crippen molar-refractivity contribution in [3.8, 4) is 11.6 Å². The van der Waals surface area contributed by atoms with Crippen LogP contribution in [0.4, 0.5) is 0 Å². The molecule has 0 atom stereocenters. The Morgan fingerprint density at radius 3 is 3.00 bits per heavy atom. The van der Waals surface area contributed by atoms with Gasteiger partial charge in [0.1, 0.15) is 0 Å². The van der Waals surface area contributed by atoms with Crippen LogP contribution < -0.4 is 5.32 Å². The van der Waals surface area contributed by atoms with Crippen LogP contribution in [0.1, 0.15) is 25.7 Å². The van der Waals surface area contributed by atoms with Gasteiger partial charge in [-0.2, -0.15) is 0 Å². The van der Waals surface area contributed by atoms with Crippen molar-refractivity contribution in [1.29, 1.82) is 0 Å². The quantitative estimate of drug-likeness (QED) is 0.754. The first-order valence-corrected chi connectivity index (χ1v) is 6.54. The molecule has 92 valence electrons. The van der Waals surface area contributed by atoms with Crippen molar-refractivity contribution >= 4 is 11.5 Å². The summed E-state index contributed by atoms with van der Waals surface area (Å²) in [6.45, 7) is 4.18. The molecule has 7 heteroatoms. The highest BCUT2D eigenvalue weighted by atomic mass is 32.1. The van der Waals surface area contributed by atoms with Gasteiger partial charge in [0.15, 0.2) is 5.69 Å². The van der Waals surface area contributed by atoms with E-state index in [9.17, 15) is 0 Å². The maximum atomic E-state index is 5.49. The maximum Gasteiger partial charge on any atom is 0.269 e. The van der Waals surface area contributed by atoms with Gasteiger partial charge in [0.2, 0.25) is 5.89 Å². The summed E-state index contributed by atoms with van der Waals surface area (Å²) in [6, 6.07) is 0. The number of hydrogen-bond acceptors (Lipinski definition) is 7. The van der Waals surface area contributed by atoms with Crippen LogP contribution in [0.5, 0.6) is 0 Å². The van der Waals surface area contributed by atoms with Gasteiger partial charge < -0.3 is 9.73 Å². The summed E-state index contributed by atoms with van der Waals surface area (Å²) in [5.41, 5.74) is 0.651. The standard InChI is InChI=1S/C10H15N5OS/c1-2-5-11-6-3-4-9-13-14-10(16-9)8-7-17-15-12-8/h7,11H,2-6H2,1H3. The average Bonchev–Trinajstić information content (AvgIpc) is 2.99. The highest BCUT2D eigenvalue weighted by molar-refractivity contribution is 7.03. The minimum atomic E-state index is 0.454. The fraction of sp³-hybridized carbons (Fsp3) is 0.600. The molecule has 2 rings (SSSR count). The van der Waals surface area contributed by atoms with E-state index in [0.29, 0.717) is 17.5 Å². The molecule has 0 radical (unpaired) electrons. The largest absolute Gasteiger partial charge is 0.419 e. The van der Waals surface area contributed by atoms with Gasteiger partial charge in [-0.1, -0.05) is 11.4 Å². The molecule has 0 aromatic carbocycles. The molecule has 2 aromatic heterocycles. The van der Waals surface area contributed by atoms with E-state index in [0.717, 1.165) is 32.4 Å². The van der Waals surface area contributed by atoms with Gasteiger partial charge in [-0.3, -0.25) is 0 Å². The molecule has 17 heavy (non-hydrogen) atoms. The number of aryl methyl sites for hydroxylation is 1. The smallest absolute Gasteiger partial charge is 0.269 e. The van der Waals surface area contributed by atoms with E-state index in [-0.39, 0.29) is 0 Å². The highest BCUT2D eigenvalue weighted by Gasteiger charge is 2.10. The monoisotopic (exact) mass is 253 g/mol. The van der Waals surface area contributed by atoms with Crippen molar-refractivity contribution in [2.75, 3.05) is 13.1 Å². The van der Waals surface area contributed by atoms with E-state index < -0.39 is 0 Å². The average molecular weight is 253 g/mol. The lowest BCUT2D eigenvalue weighted by Crippen LogP contribution is -2.16. The van der Waals surface area contributed by atoms with E-state index in [1.54, 1.807) is 5.38 Å². The first-order valence-electron chi connectivity index (χ1n) is 5.70. The van der Waals surface area contributed by atoms with Gasteiger partial charge in [-0.25, -0.2) is 0 Å². The lowest BCUT2D eigenvalue weighted by molar-refractivity contribution is 0.490. The van der Waals surface area contributed by atoms with E-state index in [1.807, 2.05) is 0 Å². The van der Waals surface area contributed by atoms with E-state index >= 15 is 0 Å². The summed E-state index contributed by atoms with van der Waals surface area (Å²) < 4.78 is 9.25. The second-order valence-corrected chi connectivity index (χ2v) is 4.25. The molecule has 0 spiro atoms. The molecule has 2 heterocycles. The molecule has 0 fully saturated rings. The molecule has 0 bridgehead atoms. The van der Waals surface area contributed by atoms with Gasteiger partial charge in [0.25, 0.3) is 5.89 Å². The molecular formula is C10H15N5OS. The zero-order valence-corrected chi connectivity index (χ0v) is 10.5. The zero-order chi connectivity index (χ0) is 11.9. The maximum absolute atomic E-state index is 5.49. The second kappa shape index (κ2) is 6.41. The van der Waals surface area contributed by atoms with Gasteiger partial charge in [0, 0.05) is 11.8 Å². The van der Waals surface area contributed by atoms with E-state index in [1.165, 1.54) is 11.5 Å². The SMILES string of the molecule is CCCNCCCc1nnc(-c2csnn2)o1. The lowest BCUT2D eigenvalue weighted by Gasteiger charge is -1.99. The third-order valence-corrected chi connectivity index (χ3v) is 2.72. The number of rotatable bonds is 7. The molecule has 6 nitrogen and oxygen atoms in total. The lowest BCUT2D eigenvalue weighted by atomic mass is 10.3. The Morgan fingerprint density at radius 1 is 1.29 bits per heavy atom. The van der Waals surface area contributed by atoms with Crippen LogP contribution in [-0.2, 0) is 6.42 Å². The van der Waals surface area contributed by atoms with Crippen LogP contribution in [0.3, 0.4) is 0 Å². The first-order chi connectivity index (χ1) is 8.40. The molecule has 0 unspecified atom stereocenters. The Kier molecular flexibility index (Phi) is 4.57. The van der Waals surface area contributed by atoms with Gasteiger partial charge in [0.05, 0.1) is 0 Å². The first kappa shape index (κ1) is 12.1. The van der Waals surface area contributed by atoms with Crippen molar-refractivity contribution in [3.05, 3.63) is 11.3 Å². The van der Waals surface area contributed by atoms with Crippen molar-refractivity contribution < 1.29 is 4.42 Å². The van der Waals surface area contributed by atoms with E-state index in [4.69, 9.17) is 4.42 Å². The summed E-state index contributed by atoms with van der Waals surface area (Å²) >= 11 is 1.27. The number of hydrogen-bond donors (Lipinski definition) is 1. The summed E-state index contributed by atoms with van der Waals surface area (Å²) in [7, 11) is 0. The van der Waals surface area contributed by atoms with Crippen molar-refractivity contribution in [2.24, 2.45) is 0 Å². The normalized spacial score (nSPS) is 10.9. The zero-order valence-electron chi connectivity index (χ0n) is 9.72.